The molecule has 1 aliphatic rings. The number of carbonyl (C=O) groups excluding carboxylic acids is 2. The van der Waals surface area contributed by atoms with Gasteiger partial charge in [-0.15, -0.1) is 0 Å². The van der Waals surface area contributed by atoms with E-state index in [9.17, 15) is 40.7 Å². The molecule has 4 atom stereocenters. The molecule has 3 heterocycles. The number of carbonyl (C=O) groups is 2. The molecule has 3 aromatic rings. The van der Waals surface area contributed by atoms with Crippen molar-refractivity contribution in [3.8, 4) is 0 Å². The summed E-state index contributed by atoms with van der Waals surface area (Å²) in [6, 6.07) is 3.34. The molecular weight excluding hydrogens is 596 g/mol. The first-order chi connectivity index (χ1) is 20.0. The number of fused-ring (bicyclic) bond motifs is 1. The Balaban J connectivity index is 1.61. The molecule has 234 valence electrons. The molecule has 2 aromatic heterocycles. The zero-order valence-electron chi connectivity index (χ0n) is 23.6. The van der Waals surface area contributed by atoms with Crippen LogP contribution in [-0.4, -0.2) is 59.4 Å². The van der Waals surface area contributed by atoms with Gasteiger partial charge in [-0.3, -0.25) is 9.59 Å². The minimum absolute atomic E-state index is 0.0778. The first-order valence-corrected chi connectivity index (χ1v) is 15.0. The number of nitrogens with one attached hydrogen (secondary N) is 1. The summed E-state index contributed by atoms with van der Waals surface area (Å²) in [5.74, 6) is -3.58. The molecule has 4 N–H and O–H groups in total. The summed E-state index contributed by atoms with van der Waals surface area (Å²) in [6.45, 7) is 4.78. The van der Waals surface area contributed by atoms with E-state index >= 15 is 0 Å². The van der Waals surface area contributed by atoms with Gasteiger partial charge in [0.2, 0.25) is 5.91 Å². The molecule has 0 saturated carbocycles. The van der Waals surface area contributed by atoms with Crippen LogP contribution in [0, 0.1) is 11.7 Å². The largest absolute Gasteiger partial charge is 0.451 e. The number of primary amides is 1. The lowest BCUT2D eigenvalue weighted by Gasteiger charge is -2.28. The maximum absolute atomic E-state index is 14.2. The normalized spacial score (nSPS) is 21.1. The van der Waals surface area contributed by atoms with Gasteiger partial charge in [0.1, 0.15) is 11.4 Å². The van der Waals surface area contributed by atoms with Crippen LogP contribution in [0.3, 0.4) is 0 Å². The number of hydrogen-bond donors (Lipinski definition) is 3. The van der Waals surface area contributed by atoms with Crippen molar-refractivity contribution in [2.75, 3.05) is 6.54 Å². The number of alkyl halides is 3. The van der Waals surface area contributed by atoms with Gasteiger partial charge in [-0.1, -0.05) is 13.8 Å². The van der Waals surface area contributed by atoms with Crippen LogP contribution in [0.5, 0.6) is 0 Å². The van der Waals surface area contributed by atoms with Crippen LogP contribution in [0.25, 0.3) is 11.0 Å². The van der Waals surface area contributed by atoms with Gasteiger partial charge in [-0.2, -0.15) is 17.5 Å². The van der Waals surface area contributed by atoms with Crippen molar-refractivity contribution in [1.82, 2.24) is 14.6 Å². The molecule has 1 fully saturated rings. The summed E-state index contributed by atoms with van der Waals surface area (Å²) in [5, 5.41) is 13.4. The molecule has 0 unspecified atom stereocenters. The summed E-state index contributed by atoms with van der Waals surface area (Å²) < 4.78 is 86.2. The molecule has 0 bridgehead atoms. The SMILES string of the molecule is CC(C)C[C@H](C(=O)N[C@H]1CC[C@@H](C)N(S(=O)(=O)c2ccc(C(F)(F)F)cn2)C[C@@H]1O)c1c(C(N)=O)oc2ccc(F)cc12. The summed E-state index contributed by atoms with van der Waals surface area (Å²) in [7, 11) is -4.41. The molecule has 15 heteroatoms. The second-order valence-corrected chi connectivity index (χ2v) is 12.9. The zero-order valence-corrected chi connectivity index (χ0v) is 24.4. The van der Waals surface area contributed by atoms with Crippen molar-refractivity contribution in [3.05, 3.63) is 59.2 Å². The highest BCUT2D eigenvalue weighted by Crippen LogP contribution is 2.37. The summed E-state index contributed by atoms with van der Waals surface area (Å²) >= 11 is 0. The number of amides is 2. The smallest absolute Gasteiger partial charge is 0.417 e. The Morgan fingerprint density at radius 3 is 2.49 bits per heavy atom. The van der Waals surface area contributed by atoms with Crippen molar-refractivity contribution in [2.45, 2.75) is 75.3 Å². The van der Waals surface area contributed by atoms with Crippen LogP contribution in [-0.2, 0) is 21.0 Å². The number of halogens is 4. The number of β-amino-alcohol motifs (C(OH)–C–C–N with tert-alkyl or cyclic N) is 1. The van der Waals surface area contributed by atoms with Gasteiger partial charge >= 0.3 is 6.18 Å². The topological polar surface area (TPSA) is 156 Å². The first kappa shape index (κ1) is 32.4. The van der Waals surface area contributed by atoms with E-state index in [0.717, 1.165) is 22.5 Å². The van der Waals surface area contributed by atoms with Crippen LogP contribution in [0.4, 0.5) is 17.6 Å². The fraction of sp³-hybridized carbons (Fsp3) is 0.464. The minimum atomic E-state index is -4.70. The van der Waals surface area contributed by atoms with E-state index in [4.69, 9.17) is 10.2 Å². The van der Waals surface area contributed by atoms with Crippen molar-refractivity contribution >= 4 is 32.8 Å². The molecule has 10 nitrogen and oxygen atoms in total. The van der Waals surface area contributed by atoms with E-state index in [2.05, 4.69) is 10.3 Å². The average Bonchev–Trinajstić information content (AvgIpc) is 3.23. The minimum Gasteiger partial charge on any atom is -0.451 e. The second-order valence-electron chi connectivity index (χ2n) is 11.1. The molecule has 2 amide bonds. The van der Waals surface area contributed by atoms with E-state index in [0.29, 0.717) is 12.3 Å². The molecule has 0 aliphatic carbocycles. The number of sulfonamides is 1. The Morgan fingerprint density at radius 1 is 1.21 bits per heavy atom. The van der Waals surface area contributed by atoms with Crippen molar-refractivity contribution in [3.63, 3.8) is 0 Å². The summed E-state index contributed by atoms with van der Waals surface area (Å²) in [6.07, 6.45) is -5.14. The number of nitrogens with two attached hydrogens (primary N) is 1. The van der Waals surface area contributed by atoms with Gasteiger partial charge in [0.15, 0.2) is 10.8 Å². The lowest BCUT2D eigenvalue weighted by molar-refractivity contribution is -0.137. The van der Waals surface area contributed by atoms with Gasteiger partial charge in [0, 0.05) is 29.7 Å². The zero-order chi connectivity index (χ0) is 31.9. The van der Waals surface area contributed by atoms with Crippen LogP contribution < -0.4 is 11.1 Å². The maximum atomic E-state index is 14.2. The molecule has 43 heavy (non-hydrogen) atoms. The second kappa shape index (κ2) is 12.2. The summed E-state index contributed by atoms with van der Waals surface area (Å²) in [5.41, 5.74) is 4.70. The van der Waals surface area contributed by atoms with E-state index in [-0.39, 0.29) is 47.5 Å². The van der Waals surface area contributed by atoms with Crippen LogP contribution >= 0.6 is 0 Å². The first-order valence-electron chi connectivity index (χ1n) is 13.6. The molecular formula is C28H32F4N4O6S. The van der Waals surface area contributed by atoms with E-state index < -0.39 is 75.1 Å². The lowest BCUT2D eigenvalue weighted by Crippen LogP contribution is -2.49. The fourth-order valence-electron chi connectivity index (χ4n) is 5.30. The Morgan fingerprint density at radius 2 is 1.91 bits per heavy atom. The highest BCUT2D eigenvalue weighted by molar-refractivity contribution is 7.89. The maximum Gasteiger partial charge on any atom is 0.417 e. The van der Waals surface area contributed by atoms with Crippen LogP contribution in [0.1, 0.15) is 67.6 Å². The predicted molar refractivity (Wildman–Crippen MR) is 147 cm³/mol. The third-order valence-corrected chi connectivity index (χ3v) is 9.36. The molecule has 0 radical (unpaired) electrons. The third-order valence-electron chi connectivity index (χ3n) is 7.47. The van der Waals surface area contributed by atoms with E-state index in [1.165, 1.54) is 6.07 Å². The van der Waals surface area contributed by atoms with Crippen LogP contribution in [0.15, 0.2) is 46.0 Å². The Labute approximate surface area is 245 Å². The number of rotatable bonds is 8. The number of hydrogen-bond acceptors (Lipinski definition) is 7. The number of pyridine rings is 1. The standard InChI is InChI=1S/C28H32F4N4O6S/c1-14(2)10-19(24-18-11-17(29)6-8-22(18)42-25(24)26(33)38)27(39)35-20-7-4-15(3)36(13-21(20)37)43(40,41)23-9-5-16(12-34-23)28(30,31)32/h5-6,8-9,11-12,14-15,19-21,37H,4,7,10,13H2,1-3H3,(H2,33,38)(H,35,39)/t15-,19+,20+,21+/m1/s1. The Kier molecular flexibility index (Phi) is 9.19. The highest BCUT2D eigenvalue weighted by atomic mass is 32.2. The summed E-state index contributed by atoms with van der Waals surface area (Å²) in [4.78, 5) is 29.5. The van der Waals surface area contributed by atoms with Gasteiger partial charge < -0.3 is 20.6 Å². The quantitative estimate of drug-likeness (QED) is 0.319. The Bertz CT molecular complexity index is 1610. The number of aliphatic hydroxyl groups is 1. The number of nitrogens with zero attached hydrogens (tertiary/aromatic N) is 2. The number of benzene rings is 1. The highest BCUT2D eigenvalue weighted by Gasteiger charge is 2.40. The van der Waals surface area contributed by atoms with Gasteiger partial charge in [0.25, 0.3) is 15.9 Å². The van der Waals surface area contributed by atoms with Crippen molar-refractivity contribution in [1.29, 1.82) is 0 Å². The number of furan rings is 1. The fourth-order valence-corrected chi connectivity index (χ4v) is 6.90. The number of aliphatic hydroxyl groups excluding tert-OH is 1. The van der Waals surface area contributed by atoms with Gasteiger partial charge in [-0.25, -0.2) is 17.8 Å². The van der Waals surface area contributed by atoms with Crippen molar-refractivity contribution in [2.24, 2.45) is 11.7 Å². The van der Waals surface area contributed by atoms with E-state index in [1.807, 2.05) is 13.8 Å². The Hall–Kier alpha value is -3.56. The molecule has 0 spiro atoms. The van der Waals surface area contributed by atoms with Crippen LogP contribution in [0.2, 0.25) is 0 Å². The average molecular weight is 629 g/mol. The monoisotopic (exact) mass is 628 g/mol. The predicted octanol–water partition coefficient (Wildman–Crippen LogP) is 3.93. The van der Waals surface area contributed by atoms with Crippen molar-refractivity contribution < 1.29 is 45.1 Å². The molecule has 1 aromatic carbocycles. The molecule has 4 rings (SSSR count). The van der Waals surface area contributed by atoms with Gasteiger partial charge in [-0.05, 0) is 62.4 Å². The molecule has 1 aliphatic heterocycles. The molecule has 1 saturated heterocycles. The lowest BCUT2D eigenvalue weighted by atomic mass is 9.87. The van der Waals surface area contributed by atoms with E-state index in [1.54, 1.807) is 6.92 Å². The van der Waals surface area contributed by atoms with Gasteiger partial charge in [0.05, 0.1) is 23.6 Å². The number of aromatic nitrogens is 1. The third kappa shape index (κ3) is 6.83.